The molecular formula is C21H25N3O6S. The van der Waals surface area contributed by atoms with Gasteiger partial charge < -0.3 is 10.1 Å². The monoisotopic (exact) mass is 447 g/mol. The number of carbonyl (C=O) groups excluding carboxylic acids is 1. The second kappa shape index (κ2) is 9.03. The molecule has 0 radical (unpaired) electrons. The van der Waals surface area contributed by atoms with Gasteiger partial charge in [0.1, 0.15) is 11.4 Å². The van der Waals surface area contributed by atoms with Crippen molar-refractivity contribution in [2.45, 2.75) is 25.2 Å². The van der Waals surface area contributed by atoms with Crippen LogP contribution in [0.5, 0.6) is 5.75 Å². The molecule has 2 aromatic rings. The Balaban J connectivity index is 1.79. The topological polar surface area (TPSA) is 119 Å². The van der Waals surface area contributed by atoms with Crippen LogP contribution in [0.2, 0.25) is 0 Å². The second-order valence-electron chi connectivity index (χ2n) is 7.89. The van der Waals surface area contributed by atoms with E-state index in [1.165, 1.54) is 53.9 Å². The van der Waals surface area contributed by atoms with Gasteiger partial charge in [0.05, 0.1) is 23.0 Å². The predicted molar refractivity (Wildman–Crippen MR) is 116 cm³/mol. The van der Waals surface area contributed by atoms with Crippen LogP contribution in [0.25, 0.3) is 0 Å². The quantitative estimate of drug-likeness (QED) is 0.535. The summed E-state index contributed by atoms with van der Waals surface area (Å²) in [6, 6.07) is 9.66. The van der Waals surface area contributed by atoms with Gasteiger partial charge >= 0.3 is 0 Å². The Morgan fingerprint density at radius 3 is 2.29 bits per heavy atom. The molecule has 0 bridgehead atoms. The van der Waals surface area contributed by atoms with Crippen molar-refractivity contribution in [3.05, 3.63) is 58.1 Å². The van der Waals surface area contributed by atoms with Gasteiger partial charge in [-0.05, 0) is 54.7 Å². The standard InChI is InChI=1S/C21H25N3O6S/c1-14-10-15(2)13-23(12-14)31(28,29)18-7-4-16(5-8-18)21(25)22-19-9-6-17(30-3)11-20(19)24(26)27/h4-9,11,14-15H,10,12-13H2,1-3H3,(H,22,25)/t14-,15-/m0/s1. The number of hydrogen-bond acceptors (Lipinski definition) is 6. The molecule has 166 valence electrons. The summed E-state index contributed by atoms with van der Waals surface area (Å²) in [5.74, 6) is 0.269. The van der Waals surface area contributed by atoms with Gasteiger partial charge in [0.2, 0.25) is 10.0 Å². The minimum atomic E-state index is -3.66. The summed E-state index contributed by atoms with van der Waals surface area (Å²) in [7, 11) is -2.27. The molecule has 1 aliphatic heterocycles. The molecule has 0 aliphatic carbocycles. The summed E-state index contributed by atoms with van der Waals surface area (Å²) >= 11 is 0. The van der Waals surface area contributed by atoms with Crippen molar-refractivity contribution in [3.63, 3.8) is 0 Å². The van der Waals surface area contributed by atoms with Gasteiger partial charge in [0, 0.05) is 18.7 Å². The summed E-state index contributed by atoms with van der Waals surface area (Å²) in [4.78, 5) is 23.3. The molecule has 0 saturated carbocycles. The summed E-state index contributed by atoms with van der Waals surface area (Å²) in [5.41, 5.74) is -0.103. The van der Waals surface area contributed by atoms with Crippen molar-refractivity contribution in [2.75, 3.05) is 25.5 Å². The smallest absolute Gasteiger partial charge is 0.296 e. The van der Waals surface area contributed by atoms with Crippen molar-refractivity contribution in [1.82, 2.24) is 4.31 Å². The fourth-order valence-electron chi connectivity index (χ4n) is 3.82. The Morgan fingerprint density at radius 1 is 1.13 bits per heavy atom. The summed E-state index contributed by atoms with van der Waals surface area (Å²) < 4.78 is 32.4. The summed E-state index contributed by atoms with van der Waals surface area (Å²) in [5, 5.41) is 13.8. The maximum atomic E-state index is 13.0. The van der Waals surface area contributed by atoms with E-state index in [1.807, 2.05) is 13.8 Å². The van der Waals surface area contributed by atoms with Gasteiger partial charge in [-0.1, -0.05) is 13.8 Å². The van der Waals surface area contributed by atoms with Crippen LogP contribution in [0.15, 0.2) is 47.4 Å². The lowest BCUT2D eigenvalue weighted by Gasteiger charge is -2.34. The molecule has 31 heavy (non-hydrogen) atoms. The Bertz CT molecular complexity index is 1070. The van der Waals surface area contributed by atoms with E-state index in [2.05, 4.69) is 5.32 Å². The zero-order valence-corrected chi connectivity index (χ0v) is 18.4. The highest BCUT2D eigenvalue weighted by molar-refractivity contribution is 7.89. The third-order valence-corrected chi connectivity index (χ3v) is 7.09. The molecule has 1 aliphatic rings. The number of anilines is 1. The first-order valence-electron chi connectivity index (χ1n) is 9.85. The van der Waals surface area contributed by atoms with E-state index in [0.29, 0.717) is 18.8 Å². The van der Waals surface area contributed by atoms with Gasteiger partial charge in [-0.25, -0.2) is 8.42 Å². The molecule has 0 unspecified atom stereocenters. The van der Waals surface area contributed by atoms with Gasteiger partial charge in [-0.3, -0.25) is 14.9 Å². The average Bonchev–Trinajstić information content (AvgIpc) is 2.73. The largest absolute Gasteiger partial charge is 0.496 e. The Hall–Kier alpha value is -2.98. The van der Waals surface area contributed by atoms with Gasteiger partial charge in [0.15, 0.2) is 0 Å². The van der Waals surface area contributed by atoms with Crippen molar-refractivity contribution in [3.8, 4) is 5.75 Å². The van der Waals surface area contributed by atoms with E-state index in [1.54, 1.807) is 0 Å². The lowest BCUT2D eigenvalue weighted by Crippen LogP contribution is -2.42. The van der Waals surface area contributed by atoms with Crippen LogP contribution in [0.3, 0.4) is 0 Å². The maximum Gasteiger partial charge on any atom is 0.296 e. The number of carbonyl (C=O) groups is 1. The molecule has 2 aromatic carbocycles. The number of methoxy groups -OCH3 is 1. The average molecular weight is 448 g/mol. The molecule has 9 nitrogen and oxygen atoms in total. The predicted octanol–water partition coefficient (Wildman–Crippen LogP) is 3.52. The van der Waals surface area contributed by atoms with Crippen molar-refractivity contribution in [1.29, 1.82) is 0 Å². The maximum absolute atomic E-state index is 13.0. The van der Waals surface area contributed by atoms with E-state index < -0.39 is 20.9 Å². The van der Waals surface area contributed by atoms with E-state index >= 15 is 0 Å². The van der Waals surface area contributed by atoms with Gasteiger partial charge in [-0.15, -0.1) is 0 Å². The fraction of sp³-hybridized carbons (Fsp3) is 0.381. The number of benzene rings is 2. The van der Waals surface area contributed by atoms with Gasteiger partial charge in [-0.2, -0.15) is 4.31 Å². The first kappa shape index (κ1) is 22.7. The molecule has 1 fully saturated rings. The van der Waals surface area contributed by atoms with E-state index in [9.17, 15) is 23.3 Å². The van der Waals surface area contributed by atoms with E-state index in [0.717, 1.165) is 6.42 Å². The third-order valence-electron chi connectivity index (χ3n) is 5.24. The zero-order chi connectivity index (χ0) is 22.8. The SMILES string of the molecule is COc1ccc(NC(=O)c2ccc(S(=O)(=O)N3C[C@@H](C)C[C@H](C)C3)cc2)c([N+](=O)[O-])c1. The highest BCUT2D eigenvalue weighted by Crippen LogP contribution is 2.30. The van der Waals surface area contributed by atoms with E-state index in [-0.39, 0.29) is 33.7 Å². The van der Waals surface area contributed by atoms with Gasteiger partial charge in [0.25, 0.3) is 11.6 Å². The highest BCUT2D eigenvalue weighted by atomic mass is 32.2. The number of rotatable bonds is 6. The summed E-state index contributed by atoms with van der Waals surface area (Å²) in [6.07, 6.45) is 0.989. The van der Waals surface area contributed by atoms with Crippen LogP contribution >= 0.6 is 0 Å². The molecule has 1 amide bonds. The number of amides is 1. The second-order valence-corrected chi connectivity index (χ2v) is 9.82. The van der Waals surface area contributed by atoms with Crippen molar-refractivity contribution in [2.24, 2.45) is 11.8 Å². The third kappa shape index (κ3) is 5.02. The van der Waals surface area contributed by atoms with Crippen LogP contribution in [0.4, 0.5) is 11.4 Å². The molecular weight excluding hydrogens is 422 g/mol. The molecule has 0 spiro atoms. The molecule has 1 N–H and O–H groups in total. The number of sulfonamides is 1. The normalized spacial score (nSPS) is 19.6. The van der Waals surface area contributed by atoms with Crippen LogP contribution < -0.4 is 10.1 Å². The number of piperidine rings is 1. The molecule has 3 rings (SSSR count). The Labute approximate surface area is 181 Å². The number of ether oxygens (including phenoxy) is 1. The minimum Gasteiger partial charge on any atom is -0.496 e. The molecule has 1 heterocycles. The molecule has 10 heteroatoms. The molecule has 0 aromatic heterocycles. The number of nitro groups is 1. The Morgan fingerprint density at radius 2 is 1.74 bits per heavy atom. The van der Waals surface area contributed by atoms with Crippen LogP contribution in [-0.4, -0.2) is 43.8 Å². The van der Waals surface area contributed by atoms with E-state index in [4.69, 9.17) is 4.74 Å². The summed E-state index contributed by atoms with van der Waals surface area (Å²) in [6.45, 7) is 5.00. The minimum absolute atomic E-state index is 0.0174. The number of nitrogens with zero attached hydrogens (tertiary/aromatic N) is 2. The first-order chi connectivity index (χ1) is 14.6. The first-order valence-corrected chi connectivity index (χ1v) is 11.3. The highest BCUT2D eigenvalue weighted by Gasteiger charge is 2.31. The number of nitrogens with one attached hydrogen (secondary N) is 1. The number of nitro benzene ring substituents is 1. The van der Waals surface area contributed by atoms with Crippen molar-refractivity contribution >= 4 is 27.3 Å². The van der Waals surface area contributed by atoms with Crippen molar-refractivity contribution < 1.29 is 22.9 Å². The fourth-order valence-corrected chi connectivity index (χ4v) is 5.50. The van der Waals surface area contributed by atoms with Crippen LogP contribution in [0.1, 0.15) is 30.6 Å². The lowest BCUT2D eigenvalue weighted by atomic mass is 9.94. The molecule has 2 atom stereocenters. The van der Waals surface area contributed by atoms with Crippen LogP contribution in [-0.2, 0) is 10.0 Å². The Kier molecular flexibility index (Phi) is 6.61. The zero-order valence-electron chi connectivity index (χ0n) is 17.6. The number of hydrogen-bond donors (Lipinski definition) is 1. The van der Waals surface area contributed by atoms with Crippen LogP contribution in [0, 0.1) is 22.0 Å². The lowest BCUT2D eigenvalue weighted by molar-refractivity contribution is -0.384. The molecule has 1 saturated heterocycles.